The standard InChI is InChI=1S/C20H26N4O/c25-20(22-17-10-11-17)19(16-7-2-1-3-8-16)24-14-5-4-9-18(24)15-23-13-6-12-21-23/h1-3,6-8,12-13,17-19H,4-5,9-11,14-15H2,(H,22,25). The molecule has 2 aromatic rings. The molecule has 1 aromatic carbocycles. The van der Waals surface area contributed by atoms with Gasteiger partial charge < -0.3 is 5.32 Å². The van der Waals surface area contributed by atoms with Crippen molar-refractivity contribution in [2.75, 3.05) is 6.54 Å². The van der Waals surface area contributed by atoms with E-state index in [1.165, 1.54) is 6.42 Å². The molecule has 4 rings (SSSR count). The molecule has 2 fully saturated rings. The van der Waals surface area contributed by atoms with Gasteiger partial charge in [0, 0.05) is 24.5 Å². The number of hydrogen-bond acceptors (Lipinski definition) is 3. The van der Waals surface area contributed by atoms with Gasteiger partial charge in [-0.05, 0) is 43.9 Å². The molecule has 1 saturated carbocycles. The Balaban J connectivity index is 1.59. The van der Waals surface area contributed by atoms with E-state index in [1.54, 1.807) is 0 Å². The van der Waals surface area contributed by atoms with Gasteiger partial charge in [-0.2, -0.15) is 5.10 Å². The van der Waals surface area contributed by atoms with E-state index in [2.05, 4.69) is 27.4 Å². The van der Waals surface area contributed by atoms with Gasteiger partial charge in [0.05, 0.1) is 6.54 Å². The first kappa shape index (κ1) is 16.3. The molecule has 5 nitrogen and oxygen atoms in total. The van der Waals surface area contributed by atoms with Gasteiger partial charge in [0.25, 0.3) is 0 Å². The van der Waals surface area contributed by atoms with Gasteiger partial charge in [0.15, 0.2) is 0 Å². The molecule has 1 N–H and O–H groups in total. The minimum Gasteiger partial charge on any atom is -0.352 e. The number of carbonyl (C=O) groups is 1. The smallest absolute Gasteiger partial charge is 0.242 e. The number of nitrogens with one attached hydrogen (secondary N) is 1. The second kappa shape index (κ2) is 7.40. The molecule has 2 aliphatic rings. The van der Waals surface area contributed by atoms with Crippen LogP contribution in [-0.2, 0) is 11.3 Å². The number of nitrogens with zero attached hydrogens (tertiary/aromatic N) is 3. The largest absolute Gasteiger partial charge is 0.352 e. The van der Waals surface area contributed by atoms with Crippen LogP contribution in [0, 0.1) is 0 Å². The van der Waals surface area contributed by atoms with Crippen molar-refractivity contribution in [3.8, 4) is 0 Å². The molecule has 2 atom stereocenters. The number of rotatable bonds is 6. The summed E-state index contributed by atoms with van der Waals surface area (Å²) in [5.41, 5.74) is 1.09. The number of aromatic nitrogens is 2. The monoisotopic (exact) mass is 338 g/mol. The van der Waals surface area contributed by atoms with Crippen molar-refractivity contribution < 1.29 is 4.79 Å². The van der Waals surface area contributed by atoms with Gasteiger partial charge in [-0.15, -0.1) is 0 Å². The first-order chi connectivity index (χ1) is 12.3. The van der Waals surface area contributed by atoms with Crippen LogP contribution in [0.2, 0.25) is 0 Å². The highest BCUT2D eigenvalue weighted by atomic mass is 16.2. The highest BCUT2D eigenvalue weighted by Crippen LogP contribution is 2.31. The summed E-state index contributed by atoms with van der Waals surface area (Å²) in [5, 5.41) is 7.60. The topological polar surface area (TPSA) is 50.2 Å². The van der Waals surface area contributed by atoms with Gasteiger partial charge in [0.1, 0.15) is 6.04 Å². The first-order valence-corrected chi connectivity index (χ1v) is 9.40. The lowest BCUT2D eigenvalue weighted by atomic mass is 9.95. The molecular weight excluding hydrogens is 312 g/mol. The molecule has 2 unspecified atom stereocenters. The molecule has 0 radical (unpaired) electrons. The van der Waals surface area contributed by atoms with E-state index in [-0.39, 0.29) is 11.9 Å². The van der Waals surface area contributed by atoms with Crippen LogP contribution >= 0.6 is 0 Å². The van der Waals surface area contributed by atoms with Crippen LogP contribution in [0.4, 0.5) is 0 Å². The number of likely N-dealkylation sites (tertiary alicyclic amines) is 1. The second-order valence-corrected chi connectivity index (χ2v) is 7.21. The van der Waals surface area contributed by atoms with Crippen molar-refractivity contribution in [1.82, 2.24) is 20.0 Å². The van der Waals surface area contributed by atoms with Gasteiger partial charge in [0.2, 0.25) is 5.91 Å². The number of piperidine rings is 1. The average molecular weight is 338 g/mol. The third kappa shape index (κ3) is 3.93. The maximum Gasteiger partial charge on any atom is 0.242 e. The molecule has 0 bridgehead atoms. The SMILES string of the molecule is O=C(NC1CC1)C(c1ccccc1)N1CCCCC1Cn1cccn1. The lowest BCUT2D eigenvalue weighted by molar-refractivity contribution is -0.128. The van der Waals surface area contributed by atoms with Gasteiger partial charge >= 0.3 is 0 Å². The fourth-order valence-electron chi connectivity index (χ4n) is 3.82. The Morgan fingerprint density at radius 2 is 2.00 bits per heavy atom. The van der Waals surface area contributed by atoms with Crippen molar-refractivity contribution in [2.45, 2.75) is 56.8 Å². The lowest BCUT2D eigenvalue weighted by Gasteiger charge is -2.40. The quantitative estimate of drug-likeness (QED) is 0.881. The summed E-state index contributed by atoms with van der Waals surface area (Å²) in [6.45, 7) is 1.80. The van der Waals surface area contributed by atoms with E-state index in [9.17, 15) is 4.79 Å². The summed E-state index contributed by atoms with van der Waals surface area (Å²) in [6.07, 6.45) is 9.54. The Hall–Kier alpha value is -2.14. The molecule has 1 aliphatic heterocycles. The zero-order valence-corrected chi connectivity index (χ0v) is 14.6. The third-order valence-electron chi connectivity index (χ3n) is 5.25. The van der Waals surface area contributed by atoms with Crippen LogP contribution in [0.25, 0.3) is 0 Å². The van der Waals surface area contributed by atoms with Crippen LogP contribution in [-0.4, -0.2) is 39.2 Å². The van der Waals surface area contributed by atoms with Crippen molar-refractivity contribution in [3.63, 3.8) is 0 Å². The minimum atomic E-state index is -0.206. The Morgan fingerprint density at radius 3 is 2.72 bits per heavy atom. The first-order valence-electron chi connectivity index (χ1n) is 9.40. The summed E-state index contributed by atoms with van der Waals surface area (Å²) in [7, 11) is 0. The van der Waals surface area contributed by atoms with E-state index in [0.717, 1.165) is 44.3 Å². The van der Waals surface area contributed by atoms with Gasteiger partial charge in [-0.3, -0.25) is 14.4 Å². The number of benzene rings is 1. The van der Waals surface area contributed by atoms with Gasteiger partial charge in [-0.25, -0.2) is 0 Å². The van der Waals surface area contributed by atoms with E-state index >= 15 is 0 Å². The maximum absolute atomic E-state index is 13.1. The van der Waals surface area contributed by atoms with Gasteiger partial charge in [-0.1, -0.05) is 36.8 Å². The third-order valence-corrected chi connectivity index (χ3v) is 5.25. The van der Waals surface area contributed by atoms with Crippen LogP contribution in [0.1, 0.15) is 43.7 Å². The normalized spacial score (nSPS) is 22.5. The van der Waals surface area contributed by atoms with Crippen LogP contribution < -0.4 is 5.32 Å². The van der Waals surface area contributed by atoms with E-state index < -0.39 is 0 Å². The Kier molecular flexibility index (Phi) is 4.83. The molecule has 1 amide bonds. The molecule has 25 heavy (non-hydrogen) atoms. The predicted octanol–water partition coefficient (Wildman–Crippen LogP) is 2.76. The molecular formula is C20H26N4O. The molecule has 1 aliphatic carbocycles. The Labute approximate surface area is 149 Å². The van der Waals surface area contributed by atoms with Crippen molar-refractivity contribution >= 4 is 5.91 Å². The Morgan fingerprint density at radius 1 is 1.16 bits per heavy atom. The summed E-state index contributed by atoms with van der Waals surface area (Å²) < 4.78 is 1.99. The number of hydrogen-bond donors (Lipinski definition) is 1. The van der Waals surface area contributed by atoms with E-state index in [0.29, 0.717) is 12.1 Å². The van der Waals surface area contributed by atoms with Crippen molar-refractivity contribution in [1.29, 1.82) is 0 Å². The van der Waals surface area contributed by atoms with E-state index in [4.69, 9.17) is 0 Å². The lowest BCUT2D eigenvalue weighted by Crippen LogP contribution is -2.49. The number of amides is 1. The fourth-order valence-corrected chi connectivity index (χ4v) is 3.82. The molecule has 1 aromatic heterocycles. The minimum absolute atomic E-state index is 0.154. The fraction of sp³-hybridized carbons (Fsp3) is 0.500. The van der Waals surface area contributed by atoms with Crippen LogP contribution in [0.15, 0.2) is 48.8 Å². The van der Waals surface area contributed by atoms with Crippen LogP contribution in [0.5, 0.6) is 0 Å². The molecule has 5 heteroatoms. The van der Waals surface area contributed by atoms with Crippen molar-refractivity contribution in [3.05, 3.63) is 54.4 Å². The summed E-state index contributed by atoms with van der Waals surface area (Å²) in [6, 6.07) is 12.7. The maximum atomic E-state index is 13.1. The molecule has 132 valence electrons. The summed E-state index contributed by atoms with van der Waals surface area (Å²) in [5.74, 6) is 0.154. The average Bonchev–Trinajstić information content (AvgIpc) is 3.30. The highest BCUT2D eigenvalue weighted by molar-refractivity contribution is 5.83. The van der Waals surface area contributed by atoms with Crippen LogP contribution in [0.3, 0.4) is 0 Å². The number of carbonyl (C=O) groups excluding carboxylic acids is 1. The zero-order chi connectivity index (χ0) is 17.1. The highest BCUT2D eigenvalue weighted by Gasteiger charge is 2.36. The molecule has 1 saturated heterocycles. The van der Waals surface area contributed by atoms with E-state index in [1.807, 2.05) is 41.3 Å². The molecule has 2 heterocycles. The zero-order valence-electron chi connectivity index (χ0n) is 14.6. The van der Waals surface area contributed by atoms with Crippen molar-refractivity contribution in [2.24, 2.45) is 0 Å². The Bertz CT molecular complexity index is 681. The second-order valence-electron chi connectivity index (χ2n) is 7.21. The molecule has 0 spiro atoms. The summed E-state index contributed by atoms with van der Waals surface area (Å²) in [4.78, 5) is 15.5. The predicted molar refractivity (Wildman–Crippen MR) is 96.9 cm³/mol. The summed E-state index contributed by atoms with van der Waals surface area (Å²) >= 11 is 0.